The first kappa shape index (κ1) is 15.4. The lowest BCUT2D eigenvalue weighted by molar-refractivity contribution is 0.291. The molecule has 0 bridgehead atoms. The van der Waals surface area contributed by atoms with Crippen LogP contribution in [0.5, 0.6) is 0 Å². The van der Waals surface area contributed by atoms with Crippen molar-refractivity contribution in [1.82, 2.24) is 4.90 Å². The van der Waals surface area contributed by atoms with Crippen molar-refractivity contribution in [1.29, 1.82) is 0 Å². The summed E-state index contributed by atoms with van der Waals surface area (Å²) in [7, 11) is 2.13. The second kappa shape index (κ2) is 5.77. The summed E-state index contributed by atoms with van der Waals surface area (Å²) in [5, 5.41) is 0. The summed E-state index contributed by atoms with van der Waals surface area (Å²) in [5.74, 6) is 0.731. The summed E-state index contributed by atoms with van der Waals surface area (Å²) < 4.78 is 0. The van der Waals surface area contributed by atoms with Gasteiger partial charge >= 0.3 is 0 Å². The first-order valence-electron chi connectivity index (χ1n) is 9.08. The predicted octanol–water partition coefficient (Wildman–Crippen LogP) is 5.52. The Bertz CT molecular complexity index is 786. The van der Waals surface area contributed by atoms with E-state index < -0.39 is 0 Å². The van der Waals surface area contributed by atoms with E-state index in [1.54, 1.807) is 0 Å². The Labute approximate surface area is 145 Å². The molecular weight excluding hydrogens is 292 g/mol. The fraction of sp³-hybridized carbons (Fsp3) is 0.409. The highest BCUT2D eigenvalue weighted by Crippen LogP contribution is 2.45. The smallest absolute Gasteiger partial charge is 0.0919 e. The Balaban J connectivity index is 1.84. The van der Waals surface area contributed by atoms with E-state index in [1.807, 2.05) is 6.34 Å². The number of aliphatic imine (C=N–C) groups is 1. The first-order valence-corrected chi connectivity index (χ1v) is 9.08. The molecule has 1 aliphatic carbocycles. The van der Waals surface area contributed by atoms with Crippen molar-refractivity contribution in [3.63, 3.8) is 0 Å². The lowest BCUT2D eigenvalue weighted by Gasteiger charge is -2.42. The molecule has 2 heteroatoms. The molecule has 2 aromatic carbocycles. The number of rotatable bonds is 2. The van der Waals surface area contributed by atoms with Crippen molar-refractivity contribution in [3.8, 4) is 0 Å². The van der Waals surface area contributed by atoms with Gasteiger partial charge in [-0.1, -0.05) is 49.2 Å². The lowest BCUT2D eigenvalue weighted by Crippen LogP contribution is -2.43. The monoisotopic (exact) mass is 318 g/mol. The van der Waals surface area contributed by atoms with Crippen LogP contribution in [0.3, 0.4) is 0 Å². The van der Waals surface area contributed by atoms with Crippen molar-refractivity contribution in [3.05, 3.63) is 64.7 Å². The zero-order chi connectivity index (χ0) is 16.7. The van der Waals surface area contributed by atoms with Crippen LogP contribution < -0.4 is 0 Å². The minimum absolute atomic E-state index is 0.170. The fourth-order valence-corrected chi connectivity index (χ4v) is 4.49. The highest BCUT2D eigenvalue weighted by Gasteiger charge is 2.38. The molecule has 1 fully saturated rings. The van der Waals surface area contributed by atoms with E-state index in [2.05, 4.69) is 68.3 Å². The molecule has 0 N–H and O–H groups in total. The highest BCUT2D eigenvalue weighted by molar-refractivity contribution is 5.72. The molecule has 1 heterocycles. The Hall–Kier alpha value is -2.09. The number of fused-ring (bicyclic) bond motifs is 1. The molecule has 1 saturated carbocycles. The standard InChI is InChI=1S/C22H26N2/c1-16-8-4-7-11-19(16)22(2)20-13-12-18(17-9-5-6-10-17)14-21(20)23-15-24(22)3/h4,7-8,11-15,17H,5-6,9-10H2,1-3H3. The van der Waals surface area contributed by atoms with Crippen LogP contribution >= 0.6 is 0 Å². The van der Waals surface area contributed by atoms with Crippen molar-refractivity contribution >= 4 is 12.0 Å². The average Bonchev–Trinajstić information content (AvgIpc) is 3.13. The molecular formula is C22H26N2. The third kappa shape index (κ3) is 2.28. The zero-order valence-electron chi connectivity index (χ0n) is 14.9. The number of aryl methyl sites for hydroxylation is 1. The fourth-order valence-electron chi connectivity index (χ4n) is 4.49. The molecule has 1 aliphatic heterocycles. The molecule has 2 aromatic rings. The van der Waals surface area contributed by atoms with E-state index in [0.717, 1.165) is 11.6 Å². The molecule has 1 unspecified atom stereocenters. The van der Waals surface area contributed by atoms with Crippen LogP contribution in [-0.2, 0) is 5.54 Å². The van der Waals surface area contributed by atoms with Crippen LogP contribution in [0.1, 0.15) is 60.8 Å². The van der Waals surface area contributed by atoms with Crippen molar-refractivity contribution < 1.29 is 0 Å². The Morgan fingerprint density at radius 1 is 1.04 bits per heavy atom. The average molecular weight is 318 g/mol. The van der Waals surface area contributed by atoms with Crippen LogP contribution in [0.2, 0.25) is 0 Å². The van der Waals surface area contributed by atoms with E-state index in [1.165, 1.54) is 47.9 Å². The van der Waals surface area contributed by atoms with E-state index in [4.69, 9.17) is 4.99 Å². The maximum absolute atomic E-state index is 4.76. The molecule has 0 saturated heterocycles. The van der Waals surface area contributed by atoms with E-state index >= 15 is 0 Å². The first-order chi connectivity index (χ1) is 11.6. The summed E-state index contributed by atoms with van der Waals surface area (Å²) in [4.78, 5) is 7.00. The van der Waals surface area contributed by atoms with Crippen molar-refractivity contribution in [2.75, 3.05) is 7.05 Å². The highest BCUT2D eigenvalue weighted by atomic mass is 15.2. The summed E-state index contributed by atoms with van der Waals surface area (Å²) in [6.45, 7) is 4.52. The molecule has 0 spiro atoms. The summed E-state index contributed by atoms with van der Waals surface area (Å²) in [6, 6.07) is 15.7. The van der Waals surface area contributed by atoms with Gasteiger partial charge in [0.1, 0.15) is 0 Å². The van der Waals surface area contributed by atoms with Gasteiger partial charge in [-0.25, -0.2) is 4.99 Å². The molecule has 1 atom stereocenters. The van der Waals surface area contributed by atoms with Gasteiger partial charge in [-0.05, 0) is 55.4 Å². The second-order valence-electron chi connectivity index (χ2n) is 7.50. The molecule has 24 heavy (non-hydrogen) atoms. The van der Waals surface area contributed by atoms with Gasteiger partial charge in [-0.2, -0.15) is 0 Å². The van der Waals surface area contributed by atoms with Gasteiger partial charge in [-0.15, -0.1) is 0 Å². The van der Waals surface area contributed by atoms with Crippen LogP contribution in [0.25, 0.3) is 0 Å². The molecule has 2 nitrogen and oxygen atoms in total. The molecule has 0 radical (unpaired) electrons. The third-order valence-electron chi connectivity index (χ3n) is 6.12. The number of nitrogens with zero attached hydrogens (tertiary/aromatic N) is 2. The number of hydrogen-bond donors (Lipinski definition) is 0. The minimum atomic E-state index is -0.170. The number of hydrogen-bond acceptors (Lipinski definition) is 2. The Kier molecular flexibility index (Phi) is 3.71. The quantitative estimate of drug-likeness (QED) is 0.711. The summed E-state index contributed by atoms with van der Waals surface area (Å²) >= 11 is 0. The Morgan fingerprint density at radius 3 is 2.54 bits per heavy atom. The van der Waals surface area contributed by atoms with Crippen LogP contribution in [0.4, 0.5) is 5.69 Å². The second-order valence-corrected chi connectivity index (χ2v) is 7.50. The maximum Gasteiger partial charge on any atom is 0.0919 e. The number of benzene rings is 2. The normalized spacial score (nSPS) is 23.5. The van der Waals surface area contributed by atoms with Gasteiger partial charge in [0.2, 0.25) is 0 Å². The summed E-state index contributed by atoms with van der Waals surface area (Å²) in [5.41, 5.74) is 6.43. The van der Waals surface area contributed by atoms with Gasteiger partial charge in [0.05, 0.1) is 17.6 Å². The van der Waals surface area contributed by atoms with Crippen LogP contribution in [0, 0.1) is 6.92 Å². The zero-order valence-corrected chi connectivity index (χ0v) is 14.9. The van der Waals surface area contributed by atoms with Crippen molar-refractivity contribution in [2.45, 2.75) is 51.0 Å². The minimum Gasteiger partial charge on any atom is -0.352 e. The molecule has 0 aromatic heterocycles. The van der Waals surface area contributed by atoms with E-state index in [9.17, 15) is 0 Å². The van der Waals surface area contributed by atoms with Gasteiger partial charge in [-0.3, -0.25) is 0 Å². The van der Waals surface area contributed by atoms with Gasteiger partial charge in [0, 0.05) is 12.6 Å². The lowest BCUT2D eigenvalue weighted by atomic mass is 9.79. The van der Waals surface area contributed by atoms with Crippen LogP contribution in [-0.4, -0.2) is 18.3 Å². The molecule has 2 aliphatic rings. The molecule has 4 rings (SSSR count). The maximum atomic E-state index is 4.76. The SMILES string of the molecule is Cc1ccccc1C1(C)c2ccc(C3CCCC3)cc2N=CN1C. The molecule has 124 valence electrons. The van der Waals surface area contributed by atoms with Crippen LogP contribution in [0.15, 0.2) is 47.5 Å². The van der Waals surface area contributed by atoms with E-state index in [0.29, 0.717) is 0 Å². The topological polar surface area (TPSA) is 15.6 Å². The largest absolute Gasteiger partial charge is 0.352 e. The van der Waals surface area contributed by atoms with Crippen molar-refractivity contribution in [2.24, 2.45) is 4.99 Å². The Morgan fingerprint density at radius 2 is 1.79 bits per heavy atom. The van der Waals surface area contributed by atoms with Gasteiger partial charge < -0.3 is 4.90 Å². The van der Waals surface area contributed by atoms with E-state index in [-0.39, 0.29) is 5.54 Å². The summed E-state index contributed by atoms with van der Waals surface area (Å²) in [6.07, 6.45) is 7.39. The van der Waals surface area contributed by atoms with Gasteiger partial charge in [0.25, 0.3) is 0 Å². The van der Waals surface area contributed by atoms with Gasteiger partial charge in [0.15, 0.2) is 0 Å². The predicted molar refractivity (Wildman–Crippen MR) is 101 cm³/mol. The third-order valence-corrected chi connectivity index (χ3v) is 6.12. The molecule has 0 amide bonds.